The number of aromatic nitrogens is 1. The van der Waals surface area contributed by atoms with Gasteiger partial charge in [-0.3, -0.25) is 9.78 Å². The van der Waals surface area contributed by atoms with Gasteiger partial charge in [-0.25, -0.2) is 0 Å². The zero-order chi connectivity index (χ0) is 8.43. The van der Waals surface area contributed by atoms with Gasteiger partial charge in [0.05, 0.1) is 0 Å². The average molecular weight is 170 g/mol. The average Bonchev–Trinajstić information content (AvgIpc) is 1.85. The zero-order valence-corrected chi connectivity index (χ0v) is 7.14. The van der Waals surface area contributed by atoms with Crippen molar-refractivity contribution in [2.45, 2.75) is 13.8 Å². The van der Waals surface area contributed by atoms with Gasteiger partial charge < -0.3 is 0 Å². The Hall–Kier alpha value is -0.890. The van der Waals surface area contributed by atoms with Gasteiger partial charge >= 0.3 is 0 Å². The lowest BCUT2D eigenvalue weighted by Crippen LogP contribution is -1.97. The first-order valence-corrected chi connectivity index (χ1v) is 3.62. The molecule has 0 N–H and O–H groups in total. The Morgan fingerprint density at radius 3 is 2.64 bits per heavy atom. The van der Waals surface area contributed by atoms with Crippen molar-refractivity contribution in [3.63, 3.8) is 0 Å². The quantitative estimate of drug-likeness (QED) is 0.603. The maximum Gasteiger partial charge on any atom is 0.271 e. The smallest absolute Gasteiger partial charge is 0.271 e. The molecule has 0 aliphatic rings. The van der Waals surface area contributed by atoms with Gasteiger partial charge in [-0.05, 0) is 36.6 Å². The maximum atomic E-state index is 10.7. The highest BCUT2D eigenvalue weighted by molar-refractivity contribution is 6.67. The van der Waals surface area contributed by atoms with E-state index in [9.17, 15) is 4.79 Å². The van der Waals surface area contributed by atoms with Crippen LogP contribution in [0.3, 0.4) is 0 Å². The number of nitrogens with zero attached hydrogens (tertiary/aromatic N) is 1. The minimum atomic E-state index is -0.498. The Morgan fingerprint density at radius 1 is 1.55 bits per heavy atom. The van der Waals surface area contributed by atoms with Crippen LogP contribution in [0.1, 0.15) is 21.6 Å². The molecule has 58 valence electrons. The molecule has 0 spiro atoms. The van der Waals surface area contributed by atoms with Crippen LogP contribution >= 0.6 is 11.6 Å². The number of rotatable bonds is 1. The van der Waals surface area contributed by atoms with Crippen LogP contribution in [0.4, 0.5) is 0 Å². The van der Waals surface area contributed by atoms with E-state index in [0.29, 0.717) is 5.69 Å². The number of carbonyl (C=O) groups excluding carboxylic acids is 1. The van der Waals surface area contributed by atoms with Gasteiger partial charge in [0.25, 0.3) is 5.24 Å². The van der Waals surface area contributed by atoms with Crippen LogP contribution in [0.5, 0.6) is 0 Å². The Morgan fingerprint density at radius 2 is 2.18 bits per heavy atom. The monoisotopic (exact) mass is 169 g/mol. The van der Waals surface area contributed by atoms with Crippen LogP contribution in [-0.2, 0) is 0 Å². The fraction of sp³-hybridized carbons (Fsp3) is 0.250. The SMILES string of the molecule is Cc1cnc(C(=O)Cl)c(C)c1. The molecular weight excluding hydrogens is 162 g/mol. The number of aryl methyl sites for hydroxylation is 2. The zero-order valence-electron chi connectivity index (χ0n) is 6.39. The van der Waals surface area contributed by atoms with E-state index in [4.69, 9.17) is 11.6 Å². The Balaban J connectivity index is 3.20. The van der Waals surface area contributed by atoms with Gasteiger partial charge in [0.2, 0.25) is 0 Å². The van der Waals surface area contributed by atoms with Crippen molar-refractivity contribution in [2.24, 2.45) is 0 Å². The standard InChI is InChI=1S/C8H8ClNO/c1-5-3-6(2)7(8(9)11)10-4-5/h3-4H,1-2H3. The number of halogens is 1. The minimum Gasteiger partial charge on any atom is -0.274 e. The molecule has 0 saturated carbocycles. The Kier molecular flexibility index (Phi) is 2.25. The van der Waals surface area contributed by atoms with Crippen molar-refractivity contribution in [3.8, 4) is 0 Å². The third kappa shape index (κ3) is 1.77. The van der Waals surface area contributed by atoms with E-state index in [-0.39, 0.29) is 0 Å². The van der Waals surface area contributed by atoms with Crippen molar-refractivity contribution in [3.05, 3.63) is 29.1 Å². The first-order valence-electron chi connectivity index (χ1n) is 3.24. The number of pyridine rings is 1. The fourth-order valence-corrected chi connectivity index (χ4v) is 1.12. The summed E-state index contributed by atoms with van der Waals surface area (Å²) in [5.74, 6) is 0. The van der Waals surface area contributed by atoms with Gasteiger partial charge in [0, 0.05) is 6.20 Å². The summed E-state index contributed by atoms with van der Waals surface area (Å²) in [5, 5.41) is -0.498. The topological polar surface area (TPSA) is 30.0 Å². The molecule has 0 bridgehead atoms. The molecule has 0 aliphatic heterocycles. The Bertz CT molecular complexity index is 296. The summed E-state index contributed by atoms with van der Waals surface area (Å²) in [5.41, 5.74) is 2.20. The lowest BCUT2D eigenvalue weighted by Gasteiger charge is -1.98. The molecule has 0 unspecified atom stereocenters. The molecule has 0 aromatic carbocycles. The van der Waals surface area contributed by atoms with Crippen molar-refractivity contribution in [2.75, 3.05) is 0 Å². The lowest BCUT2D eigenvalue weighted by molar-refractivity contribution is 0.107. The predicted molar refractivity (Wildman–Crippen MR) is 43.9 cm³/mol. The van der Waals surface area contributed by atoms with Gasteiger partial charge in [-0.15, -0.1) is 0 Å². The highest BCUT2D eigenvalue weighted by Crippen LogP contribution is 2.08. The summed E-state index contributed by atoms with van der Waals surface area (Å²) < 4.78 is 0. The fourth-order valence-electron chi connectivity index (χ4n) is 0.921. The molecule has 2 nitrogen and oxygen atoms in total. The van der Waals surface area contributed by atoms with Crippen molar-refractivity contribution < 1.29 is 4.79 Å². The predicted octanol–water partition coefficient (Wildman–Crippen LogP) is 2.08. The van der Waals surface area contributed by atoms with Crippen LogP contribution in [-0.4, -0.2) is 10.2 Å². The number of hydrogen-bond donors (Lipinski definition) is 0. The molecule has 1 heterocycles. The molecule has 0 atom stereocenters. The lowest BCUT2D eigenvalue weighted by atomic mass is 10.2. The van der Waals surface area contributed by atoms with E-state index in [2.05, 4.69) is 4.98 Å². The van der Waals surface area contributed by atoms with E-state index < -0.39 is 5.24 Å². The van der Waals surface area contributed by atoms with Crippen LogP contribution in [0.25, 0.3) is 0 Å². The van der Waals surface area contributed by atoms with Gasteiger partial charge in [-0.1, -0.05) is 6.07 Å². The molecule has 1 aromatic heterocycles. The maximum absolute atomic E-state index is 10.7. The normalized spacial score (nSPS) is 9.73. The van der Waals surface area contributed by atoms with E-state index >= 15 is 0 Å². The summed E-state index contributed by atoms with van der Waals surface area (Å²) in [6, 6.07) is 1.88. The Labute approximate surface area is 70.2 Å². The van der Waals surface area contributed by atoms with E-state index in [1.54, 1.807) is 6.20 Å². The van der Waals surface area contributed by atoms with Crippen LogP contribution < -0.4 is 0 Å². The van der Waals surface area contributed by atoms with Crippen molar-refractivity contribution >= 4 is 16.8 Å². The van der Waals surface area contributed by atoms with Crippen molar-refractivity contribution in [1.29, 1.82) is 0 Å². The molecular formula is C8H8ClNO. The highest BCUT2D eigenvalue weighted by Gasteiger charge is 2.06. The largest absolute Gasteiger partial charge is 0.274 e. The molecule has 0 aliphatic carbocycles. The van der Waals surface area contributed by atoms with E-state index in [1.807, 2.05) is 19.9 Å². The molecule has 3 heteroatoms. The van der Waals surface area contributed by atoms with Gasteiger partial charge in [0.1, 0.15) is 5.69 Å². The van der Waals surface area contributed by atoms with Crippen LogP contribution in [0, 0.1) is 13.8 Å². The number of hydrogen-bond acceptors (Lipinski definition) is 2. The third-order valence-corrected chi connectivity index (χ3v) is 1.58. The minimum absolute atomic E-state index is 0.345. The van der Waals surface area contributed by atoms with Crippen molar-refractivity contribution in [1.82, 2.24) is 4.98 Å². The molecule has 0 saturated heterocycles. The second-order valence-corrected chi connectivity index (χ2v) is 2.80. The summed E-state index contributed by atoms with van der Waals surface area (Å²) in [6.07, 6.45) is 1.63. The van der Waals surface area contributed by atoms with Gasteiger partial charge in [-0.2, -0.15) is 0 Å². The first kappa shape index (κ1) is 8.21. The second kappa shape index (κ2) is 3.01. The van der Waals surface area contributed by atoms with Crippen LogP contribution in [0.15, 0.2) is 12.3 Å². The summed E-state index contributed by atoms with van der Waals surface area (Å²) >= 11 is 5.26. The first-order chi connectivity index (χ1) is 5.11. The number of carbonyl (C=O) groups is 1. The van der Waals surface area contributed by atoms with Crippen LogP contribution in [0.2, 0.25) is 0 Å². The highest BCUT2D eigenvalue weighted by atomic mass is 35.5. The second-order valence-electron chi connectivity index (χ2n) is 2.45. The molecule has 0 radical (unpaired) electrons. The third-order valence-electron chi connectivity index (χ3n) is 1.40. The molecule has 11 heavy (non-hydrogen) atoms. The van der Waals surface area contributed by atoms with E-state index in [1.165, 1.54) is 0 Å². The summed E-state index contributed by atoms with van der Waals surface area (Å²) in [6.45, 7) is 3.73. The summed E-state index contributed by atoms with van der Waals surface area (Å²) in [4.78, 5) is 14.6. The molecule has 1 rings (SSSR count). The molecule has 1 aromatic rings. The summed E-state index contributed by atoms with van der Waals surface area (Å²) in [7, 11) is 0. The van der Waals surface area contributed by atoms with Gasteiger partial charge in [0.15, 0.2) is 0 Å². The molecule has 0 amide bonds. The molecule has 0 fully saturated rings. The van der Waals surface area contributed by atoms with E-state index in [0.717, 1.165) is 11.1 Å².